The predicted octanol–water partition coefficient (Wildman–Crippen LogP) is 0.0239. The lowest BCUT2D eigenvalue weighted by atomic mass is 10.1. The van der Waals surface area contributed by atoms with Gasteiger partial charge in [0.1, 0.15) is 5.82 Å². The van der Waals surface area contributed by atoms with Crippen molar-refractivity contribution in [3.8, 4) is 0 Å². The molecule has 1 amide bonds. The van der Waals surface area contributed by atoms with Gasteiger partial charge in [0.15, 0.2) is 0 Å². The van der Waals surface area contributed by atoms with E-state index in [1.165, 1.54) is 0 Å². The highest BCUT2D eigenvalue weighted by Gasteiger charge is 2.26. The summed E-state index contributed by atoms with van der Waals surface area (Å²) < 4.78 is 9.38. The number of carbonyl (C=O) groups excluding carboxylic acids is 1. The van der Waals surface area contributed by atoms with Crippen molar-refractivity contribution in [1.82, 2.24) is 29.5 Å². The van der Waals surface area contributed by atoms with E-state index in [0.29, 0.717) is 32.7 Å². The predicted molar refractivity (Wildman–Crippen MR) is 88.1 cm³/mol. The molecule has 1 saturated heterocycles. The number of amides is 1. The van der Waals surface area contributed by atoms with E-state index in [1.807, 2.05) is 30.1 Å². The van der Waals surface area contributed by atoms with Crippen molar-refractivity contribution in [2.45, 2.75) is 25.6 Å². The maximum Gasteiger partial charge on any atom is 0.221 e. The third-order valence-electron chi connectivity index (χ3n) is 4.26. The molecule has 0 aromatic carbocycles. The largest absolute Gasteiger partial charge is 0.378 e. The van der Waals surface area contributed by atoms with Crippen LogP contribution in [0, 0.1) is 0 Å². The number of hydrogen-bond donors (Lipinski definition) is 1. The fourth-order valence-corrected chi connectivity index (χ4v) is 2.84. The number of rotatable bonds is 7. The first-order valence-corrected chi connectivity index (χ1v) is 8.24. The average Bonchev–Trinajstić information content (AvgIpc) is 3.22. The van der Waals surface area contributed by atoms with E-state index in [-0.39, 0.29) is 11.9 Å². The van der Waals surface area contributed by atoms with Crippen molar-refractivity contribution in [3.63, 3.8) is 0 Å². The van der Waals surface area contributed by atoms with Crippen LogP contribution in [0.4, 0.5) is 0 Å². The van der Waals surface area contributed by atoms with Gasteiger partial charge in [-0.25, -0.2) is 4.98 Å². The Morgan fingerprint density at radius 3 is 3.08 bits per heavy atom. The number of morpholine rings is 1. The number of nitrogens with one attached hydrogen (secondary N) is 1. The molecule has 24 heavy (non-hydrogen) atoms. The molecule has 2 aromatic rings. The van der Waals surface area contributed by atoms with Crippen LogP contribution >= 0.6 is 0 Å². The molecule has 1 atom stereocenters. The van der Waals surface area contributed by atoms with Gasteiger partial charge in [-0.3, -0.25) is 14.4 Å². The second-order valence-electron chi connectivity index (χ2n) is 5.98. The van der Waals surface area contributed by atoms with Crippen molar-refractivity contribution >= 4 is 5.91 Å². The fourth-order valence-electron chi connectivity index (χ4n) is 2.84. The first-order valence-electron chi connectivity index (χ1n) is 8.24. The Hall–Kier alpha value is -2.19. The van der Waals surface area contributed by atoms with E-state index in [1.54, 1.807) is 17.1 Å². The number of ether oxygens (including phenoxy) is 1. The second-order valence-corrected chi connectivity index (χ2v) is 5.98. The van der Waals surface area contributed by atoms with Crippen LogP contribution in [0.25, 0.3) is 0 Å². The van der Waals surface area contributed by atoms with E-state index in [4.69, 9.17) is 4.74 Å². The van der Waals surface area contributed by atoms with Gasteiger partial charge in [0.05, 0.1) is 26.3 Å². The van der Waals surface area contributed by atoms with Crippen molar-refractivity contribution < 1.29 is 9.53 Å². The quantitative estimate of drug-likeness (QED) is 0.774. The lowest BCUT2D eigenvalue weighted by Crippen LogP contribution is -2.47. The summed E-state index contributed by atoms with van der Waals surface area (Å²) in [5.41, 5.74) is 0. The molecule has 8 heteroatoms. The first kappa shape index (κ1) is 16.7. The van der Waals surface area contributed by atoms with Gasteiger partial charge in [0, 0.05) is 57.4 Å². The van der Waals surface area contributed by atoms with Gasteiger partial charge in [-0.1, -0.05) is 0 Å². The Labute approximate surface area is 141 Å². The Balaban J connectivity index is 1.47. The average molecular weight is 332 g/mol. The van der Waals surface area contributed by atoms with Crippen LogP contribution in [-0.2, 0) is 29.7 Å². The maximum absolute atomic E-state index is 12.2. The Bertz CT molecular complexity index is 639. The highest BCUT2D eigenvalue weighted by molar-refractivity contribution is 5.76. The minimum atomic E-state index is 0.0440. The highest BCUT2D eigenvalue weighted by Crippen LogP contribution is 2.14. The van der Waals surface area contributed by atoms with Crippen LogP contribution < -0.4 is 5.32 Å². The minimum Gasteiger partial charge on any atom is -0.378 e. The van der Waals surface area contributed by atoms with Crippen molar-refractivity contribution in [2.24, 2.45) is 7.05 Å². The zero-order chi connectivity index (χ0) is 16.8. The summed E-state index contributed by atoms with van der Waals surface area (Å²) in [6.07, 6.45) is 7.79. The Morgan fingerprint density at radius 2 is 2.33 bits per heavy atom. The highest BCUT2D eigenvalue weighted by atomic mass is 16.5. The molecule has 1 aliphatic rings. The summed E-state index contributed by atoms with van der Waals surface area (Å²) in [6.45, 7) is 4.08. The maximum atomic E-state index is 12.2. The molecule has 2 aromatic heterocycles. The van der Waals surface area contributed by atoms with Crippen LogP contribution in [0.3, 0.4) is 0 Å². The van der Waals surface area contributed by atoms with Crippen LogP contribution in [0.5, 0.6) is 0 Å². The molecule has 0 saturated carbocycles. The molecular formula is C16H24N6O2. The van der Waals surface area contributed by atoms with Crippen molar-refractivity contribution in [1.29, 1.82) is 0 Å². The van der Waals surface area contributed by atoms with Gasteiger partial charge in [0.25, 0.3) is 0 Å². The van der Waals surface area contributed by atoms with Crippen molar-refractivity contribution in [2.75, 3.05) is 26.3 Å². The zero-order valence-electron chi connectivity index (χ0n) is 14.0. The number of imidazole rings is 1. The molecule has 1 fully saturated rings. The third-order valence-corrected chi connectivity index (χ3v) is 4.26. The summed E-state index contributed by atoms with van der Waals surface area (Å²) >= 11 is 0. The van der Waals surface area contributed by atoms with E-state index in [0.717, 1.165) is 18.9 Å². The fraction of sp³-hybridized carbons (Fsp3) is 0.562. The molecule has 0 spiro atoms. The van der Waals surface area contributed by atoms with Crippen LogP contribution in [0.2, 0.25) is 0 Å². The van der Waals surface area contributed by atoms with Gasteiger partial charge in [0.2, 0.25) is 5.91 Å². The smallest absolute Gasteiger partial charge is 0.221 e. The molecule has 130 valence electrons. The molecule has 3 heterocycles. The number of carbonyl (C=O) groups is 1. The van der Waals surface area contributed by atoms with E-state index in [9.17, 15) is 4.79 Å². The lowest BCUT2D eigenvalue weighted by Gasteiger charge is -2.34. The van der Waals surface area contributed by atoms with Gasteiger partial charge in [-0.05, 0) is 6.07 Å². The summed E-state index contributed by atoms with van der Waals surface area (Å²) in [7, 11) is 1.99. The van der Waals surface area contributed by atoms with E-state index < -0.39 is 0 Å². The van der Waals surface area contributed by atoms with Gasteiger partial charge < -0.3 is 14.6 Å². The Morgan fingerprint density at radius 1 is 1.42 bits per heavy atom. The molecule has 0 radical (unpaired) electrons. The molecule has 1 aliphatic heterocycles. The molecule has 0 bridgehead atoms. The van der Waals surface area contributed by atoms with Gasteiger partial charge >= 0.3 is 0 Å². The van der Waals surface area contributed by atoms with Crippen LogP contribution in [0.15, 0.2) is 30.9 Å². The zero-order valence-corrected chi connectivity index (χ0v) is 14.0. The molecular weight excluding hydrogens is 308 g/mol. The summed E-state index contributed by atoms with van der Waals surface area (Å²) in [4.78, 5) is 18.9. The summed E-state index contributed by atoms with van der Waals surface area (Å²) in [5.74, 6) is 1.04. The number of nitrogens with zero attached hydrogens (tertiary/aromatic N) is 5. The Kier molecular flexibility index (Phi) is 5.60. The number of aromatic nitrogens is 4. The van der Waals surface area contributed by atoms with Gasteiger partial charge in [-0.2, -0.15) is 5.10 Å². The third kappa shape index (κ3) is 4.42. The first-order chi connectivity index (χ1) is 11.7. The summed E-state index contributed by atoms with van der Waals surface area (Å²) in [5, 5.41) is 7.07. The topological polar surface area (TPSA) is 77.2 Å². The van der Waals surface area contributed by atoms with E-state index in [2.05, 4.69) is 20.3 Å². The number of hydrogen-bond acceptors (Lipinski definition) is 5. The second kappa shape index (κ2) is 8.07. The monoisotopic (exact) mass is 332 g/mol. The standard InChI is InChI=1S/C16H24N6O2/c1-20-7-4-17-15(20)12-21-9-10-24-13-14(21)11-16(23)18-5-8-22-6-2-3-19-22/h2-4,6-7,14H,5,8-13H2,1H3,(H,18,23). The number of aryl methyl sites for hydroxylation is 1. The molecule has 0 aliphatic carbocycles. The molecule has 1 N–H and O–H groups in total. The van der Waals surface area contributed by atoms with Crippen LogP contribution in [-0.4, -0.2) is 62.5 Å². The SMILES string of the molecule is Cn1ccnc1CN1CCOCC1CC(=O)NCCn1cccn1. The molecule has 8 nitrogen and oxygen atoms in total. The molecule has 3 rings (SSSR count). The van der Waals surface area contributed by atoms with E-state index >= 15 is 0 Å². The normalized spacial score (nSPS) is 18.6. The van der Waals surface area contributed by atoms with Crippen molar-refractivity contribution in [3.05, 3.63) is 36.7 Å². The summed E-state index contributed by atoms with van der Waals surface area (Å²) in [6, 6.07) is 1.96. The van der Waals surface area contributed by atoms with Crippen LogP contribution in [0.1, 0.15) is 12.2 Å². The van der Waals surface area contributed by atoms with Gasteiger partial charge in [-0.15, -0.1) is 0 Å². The minimum absolute atomic E-state index is 0.0440. The molecule has 1 unspecified atom stereocenters. The lowest BCUT2D eigenvalue weighted by molar-refractivity contribution is -0.124.